The van der Waals surface area contributed by atoms with Crippen molar-refractivity contribution in [2.24, 2.45) is 0 Å². The molecule has 0 spiro atoms. The summed E-state index contributed by atoms with van der Waals surface area (Å²) in [5.41, 5.74) is 5.79. The standard InChI is InChI=1S/C10H13N5O3.H5O10P3/c11-10-13-8-7(9(17)14-10)12-4-15(8)6-2-1-5(3-16)18-6;1-11(2,3)9-13(7,8)10-12(4,5)6/h4-6,16H,1-3H2,(H3,11,13,14,17);(H,7,8)(H2,1,2,3)(H2,4,5,6)/t5-,6+;/m0./s1. The van der Waals surface area contributed by atoms with Crippen molar-refractivity contribution in [3.63, 3.8) is 0 Å². The Balaban J connectivity index is 0.000000235. The fourth-order valence-electron chi connectivity index (χ4n) is 2.46. The number of ether oxygens (including phenoxy) is 1. The summed E-state index contributed by atoms with van der Waals surface area (Å²) in [6, 6.07) is 0. The van der Waals surface area contributed by atoms with Crippen LogP contribution < -0.4 is 11.3 Å². The number of nitrogens with zero attached hydrogens (tertiary/aromatic N) is 3. The molecule has 1 aliphatic heterocycles. The number of aliphatic hydroxyl groups is 1. The third-order valence-electron chi connectivity index (χ3n) is 3.47. The van der Waals surface area contributed by atoms with Crippen LogP contribution in [0.2, 0.25) is 0 Å². The molecule has 9 N–H and O–H groups in total. The fourth-order valence-corrected chi connectivity index (χ4v) is 5.00. The van der Waals surface area contributed by atoms with Gasteiger partial charge in [0.05, 0.1) is 19.0 Å². The lowest BCUT2D eigenvalue weighted by molar-refractivity contribution is -0.0207. The van der Waals surface area contributed by atoms with Gasteiger partial charge in [-0.1, -0.05) is 0 Å². The second-order valence-corrected chi connectivity index (χ2v) is 10.1. The number of rotatable bonds is 6. The predicted molar refractivity (Wildman–Crippen MR) is 98.9 cm³/mol. The van der Waals surface area contributed by atoms with Crippen molar-refractivity contribution in [1.82, 2.24) is 19.5 Å². The van der Waals surface area contributed by atoms with Crippen molar-refractivity contribution in [3.8, 4) is 0 Å². The summed E-state index contributed by atoms with van der Waals surface area (Å²) in [6.07, 6.45) is 2.58. The Bertz CT molecular complexity index is 1090. The van der Waals surface area contributed by atoms with Gasteiger partial charge in [-0.05, 0) is 12.8 Å². The van der Waals surface area contributed by atoms with Gasteiger partial charge in [-0.25, -0.2) is 18.7 Å². The molecule has 18 nitrogen and oxygen atoms in total. The number of aliphatic hydroxyl groups excluding tert-OH is 1. The lowest BCUT2D eigenvalue weighted by Gasteiger charge is -2.13. The van der Waals surface area contributed by atoms with Crippen LogP contribution in [0.3, 0.4) is 0 Å². The van der Waals surface area contributed by atoms with Gasteiger partial charge in [0.15, 0.2) is 11.2 Å². The van der Waals surface area contributed by atoms with Crippen molar-refractivity contribution in [2.75, 3.05) is 12.3 Å². The number of hydrogen-bond donors (Lipinski definition) is 8. The Morgan fingerprint density at radius 2 is 1.74 bits per heavy atom. The van der Waals surface area contributed by atoms with E-state index in [9.17, 15) is 18.5 Å². The van der Waals surface area contributed by atoms with Crippen LogP contribution in [0.4, 0.5) is 5.95 Å². The van der Waals surface area contributed by atoms with Gasteiger partial charge in [-0.2, -0.15) is 13.6 Å². The lowest BCUT2D eigenvalue weighted by Crippen LogP contribution is -2.16. The second-order valence-electron chi connectivity index (χ2n) is 5.86. The van der Waals surface area contributed by atoms with Crippen LogP contribution in [-0.4, -0.2) is 61.8 Å². The van der Waals surface area contributed by atoms with Gasteiger partial charge >= 0.3 is 23.5 Å². The highest BCUT2D eigenvalue weighted by Gasteiger charge is 2.38. The molecule has 3 rings (SSSR count). The average molecular weight is 509 g/mol. The number of nitrogens with one attached hydrogen (secondary N) is 1. The lowest BCUT2D eigenvalue weighted by atomic mass is 10.2. The SMILES string of the molecule is Nc1nc2c(ncn2[C@H]2CC[C@@H](CO)O2)c(=O)[nH]1.O=P(O)(O)OP(=O)(O)OP(=O)(O)O. The summed E-state index contributed by atoms with van der Waals surface area (Å²) in [5, 5.41) is 9.04. The summed E-state index contributed by atoms with van der Waals surface area (Å²) in [6.45, 7) is -0.0146. The van der Waals surface area contributed by atoms with E-state index in [0.29, 0.717) is 5.65 Å². The largest absolute Gasteiger partial charge is 0.490 e. The van der Waals surface area contributed by atoms with E-state index in [4.69, 9.17) is 40.0 Å². The third kappa shape index (κ3) is 7.84. The van der Waals surface area contributed by atoms with Gasteiger partial charge in [-0.3, -0.25) is 14.3 Å². The zero-order valence-corrected chi connectivity index (χ0v) is 17.8. The smallest absolute Gasteiger partial charge is 0.394 e. The Kier molecular flexibility index (Phi) is 7.92. The highest BCUT2D eigenvalue weighted by Crippen LogP contribution is 2.64. The summed E-state index contributed by atoms with van der Waals surface area (Å²) >= 11 is 0. The number of nitrogens with two attached hydrogens (primary N) is 1. The maximum atomic E-state index is 11.6. The summed E-state index contributed by atoms with van der Waals surface area (Å²) < 4.78 is 43.7. The Morgan fingerprint density at radius 3 is 2.23 bits per heavy atom. The van der Waals surface area contributed by atoms with Gasteiger partial charge in [-0.15, -0.1) is 0 Å². The molecule has 2 aromatic heterocycles. The van der Waals surface area contributed by atoms with E-state index >= 15 is 0 Å². The van der Waals surface area contributed by atoms with Gasteiger partial charge in [0.1, 0.15) is 6.23 Å². The highest BCUT2D eigenvalue weighted by molar-refractivity contribution is 7.66. The van der Waals surface area contributed by atoms with Crippen molar-refractivity contribution >= 4 is 40.6 Å². The number of imidazole rings is 1. The molecule has 0 bridgehead atoms. The highest BCUT2D eigenvalue weighted by atomic mass is 31.3. The number of anilines is 1. The molecule has 2 atom stereocenters. The molecule has 0 amide bonds. The monoisotopic (exact) mass is 509 g/mol. The van der Waals surface area contributed by atoms with Crippen molar-refractivity contribution < 1.29 is 56.6 Å². The average Bonchev–Trinajstić information content (AvgIpc) is 3.16. The summed E-state index contributed by atoms with van der Waals surface area (Å²) in [5.74, 6) is 0.0472. The number of H-pyrrole nitrogens is 1. The maximum absolute atomic E-state index is 11.6. The van der Waals surface area contributed by atoms with E-state index in [1.165, 1.54) is 6.33 Å². The Hall–Kier alpha value is -1.52. The number of phosphoric acid groups is 3. The van der Waals surface area contributed by atoms with Crippen LogP contribution in [0.1, 0.15) is 19.1 Å². The predicted octanol–water partition coefficient (Wildman–Crippen LogP) is -1.32. The van der Waals surface area contributed by atoms with E-state index in [-0.39, 0.29) is 36.0 Å². The molecule has 0 radical (unpaired) electrons. The van der Waals surface area contributed by atoms with Crippen LogP contribution in [-0.2, 0) is 27.1 Å². The first kappa shape index (κ1) is 25.7. The molecule has 1 saturated heterocycles. The first-order valence-electron chi connectivity index (χ1n) is 7.95. The normalized spacial score (nSPS) is 19.9. The maximum Gasteiger partial charge on any atom is 0.490 e. The van der Waals surface area contributed by atoms with Crippen LogP contribution in [0.25, 0.3) is 11.2 Å². The third-order valence-corrected chi connectivity index (χ3v) is 6.82. The molecule has 2 aromatic rings. The molecule has 176 valence electrons. The van der Waals surface area contributed by atoms with Crippen molar-refractivity contribution in [1.29, 1.82) is 0 Å². The van der Waals surface area contributed by atoms with Crippen LogP contribution in [0.15, 0.2) is 11.1 Å². The van der Waals surface area contributed by atoms with Gasteiger partial charge < -0.3 is 40.0 Å². The van der Waals surface area contributed by atoms with Crippen LogP contribution in [0.5, 0.6) is 0 Å². The zero-order valence-electron chi connectivity index (χ0n) is 15.2. The second kappa shape index (κ2) is 9.54. The molecule has 0 aliphatic carbocycles. The number of aromatic nitrogens is 4. The Labute approximate surface area is 171 Å². The molecular weight excluding hydrogens is 491 g/mol. The molecule has 1 fully saturated rings. The molecule has 0 unspecified atom stereocenters. The number of nitrogen functional groups attached to an aromatic ring is 1. The molecule has 0 saturated carbocycles. The zero-order chi connectivity index (χ0) is 23.6. The van der Waals surface area contributed by atoms with E-state index in [1.54, 1.807) is 4.57 Å². The number of aromatic amines is 1. The summed E-state index contributed by atoms with van der Waals surface area (Å²) in [4.78, 5) is 62.3. The molecule has 1 aliphatic rings. The molecule has 21 heteroatoms. The molecule has 31 heavy (non-hydrogen) atoms. The van der Waals surface area contributed by atoms with E-state index in [0.717, 1.165) is 12.8 Å². The van der Waals surface area contributed by atoms with E-state index in [1.807, 2.05) is 0 Å². The van der Waals surface area contributed by atoms with Gasteiger partial charge in [0.25, 0.3) is 5.56 Å². The minimum atomic E-state index is -5.46. The number of fused-ring (bicyclic) bond motifs is 1. The van der Waals surface area contributed by atoms with Crippen LogP contribution in [0, 0.1) is 0 Å². The van der Waals surface area contributed by atoms with Crippen molar-refractivity contribution in [2.45, 2.75) is 25.2 Å². The fraction of sp³-hybridized carbons (Fsp3) is 0.500. The molecule has 0 aromatic carbocycles. The van der Waals surface area contributed by atoms with Gasteiger partial charge in [0, 0.05) is 0 Å². The molecular formula is C10H18N5O13P3. The number of hydrogen-bond acceptors (Lipinski definition) is 11. The Morgan fingerprint density at radius 1 is 1.16 bits per heavy atom. The first-order valence-corrected chi connectivity index (χ1v) is 12.5. The van der Waals surface area contributed by atoms with E-state index in [2.05, 4.69) is 23.6 Å². The summed E-state index contributed by atoms with van der Waals surface area (Å²) in [7, 11) is -16.2. The van der Waals surface area contributed by atoms with Gasteiger partial charge in [0.2, 0.25) is 5.95 Å². The quantitative estimate of drug-likeness (QED) is 0.209. The first-order chi connectivity index (χ1) is 14.1. The minimum Gasteiger partial charge on any atom is -0.394 e. The van der Waals surface area contributed by atoms with E-state index < -0.39 is 23.5 Å². The van der Waals surface area contributed by atoms with Crippen molar-refractivity contribution in [3.05, 3.63) is 16.7 Å². The van der Waals surface area contributed by atoms with Crippen LogP contribution >= 0.6 is 23.5 Å². The topological polar surface area (TPSA) is 290 Å². The molecule has 3 heterocycles. The minimum absolute atomic E-state index is 0.0146.